The van der Waals surface area contributed by atoms with Crippen LogP contribution in [0.15, 0.2) is 91.0 Å². The Labute approximate surface area is 450 Å². The molecule has 0 spiro atoms. The van der Waals surface area contributed by atoms with Crippen LogP contribution in [0.25, 0.3) is 32.2 Å². The van der Waals surface area contributed by atoms with Gasteiger partial charge in [-0.1, -0.05) is 53.8 Å². The van der Waals surface area contributed by atoms with Gasteiger partial charge in [0.05, 0.1) is 46.2 Å². The molecule has 398 valence electrons. The fourth-order valence-electron chi connectivity index (χ4n) is 11.8. The molecule has 7 aromatic rings. The predicted molar refractivity (Wildman–Crippen MR) is 297 cm³/mol. The second-order valence-corrected chi connectivity index (χ2v) is 21.8. The van der Waals surface area contributed by atoms with Crippen LogP contribution in [-0.2, 0) is 34.4 Å². The summed E-state index contributed by atoms with van der Waals surface area (Å²) in [7, 11) is 1.89. The van der Waals surface area contributed by atoms with Crippen molar-refractivity contribution in [2.75, 3.05) is 80.6 Å². The van der Waals surface area contributed by atoms with E-state index in [-0.39, 0.29) is 41.4 Å². The van der Waals surface area contributed by atoms with Crippen molar-refractivity contribution >= 4 is 78.7 Å². The topological polar surface area (TPSA) is 199 Å². The zero-order chi connectivity index (χ0) is 53.5. The maximum atomic E-state index is 13.8. The summed E-state index contributed by atoms with van der Waals surface area (Å²) in [6.07, 6.45) is 2.23. The highest BCUT2D eigenvalue weighted by atomic mass is 32.1. The molecule has 7 heterocycles. The number of nitrogens with one attached hydrogen (secondary N) is 2. The summed E-state index contributed by atoms with van der Waals surface area (Å²) in [5.74, 6) is -0.994. The van der Waals surface area contributed by atoms with Gasteiger partial charge in [0.2, 0.25) is 17.7 Å². The van der Waals surface area contributed by atoms with Gasteiger partial charge in [-0.2, -0.15) is 5.10 Å². The summed E-state index contributed by atoms with van der Waals surface area (Å²) >= 11 is 1.43. The van der Waals surface area contributed by atoms with Crippen LogP contribution < -0.4 is 25.2 Å². The van der Waals surface area contributed by atoms with Gasteiger partial charge < -0.3 is 29.4 Å². The van der Waals surface area contributed by atoms with Crippen molar-refractivity contribution in [2.24, 2.45) is 7.05 Å². The minimum absolute atomic E-state index is 0.0424. The number of hydrogen-bond acceptors (Lipinski definition) is 14. The van der Waals surface area contributed by atoms with Crippen LogP contribution in [0.2, 0.25) is 0 Å². The van der Waals surface area contributed by atoms with E-state index in [4.69, 9.17) is 14.8 Å². The molecule has 18 nitrogen and oxygen atoms in total. The Hall–Kier alpha value is -7.74. The molecule has 4 amide bonds. The SMILES string of the molecule is Cc1cc(OCCCN2C[C@@H](C)N(CC(=O)N3CCN(c4cccc5c(C6CCC(=O)NC6=O)nn(C)c45)CC3)[C@@H](C)C2)ccc1-c1ccc(N2CCc3cccc(C(=O)Nc4nc5ccccc5s4)c3C2)nc1C(=O)O. The zero-order valence-corrected chi connectivity index (χ0v) is 44.6. The molecule has 3 aromatic heterocycles. The lowest BCUT2D eigenvalue weighted by Gasteiger charge is -2.45. The Morgan fingerprint density at radius 3 is 2.40 bits per heavy atom. The lowest BCUT2D eigenvalue weighted by Crippen LogP contribution is -2.60. The molecular weight excluding hydrogens is 995 g/mol. The third-order valence-corrected chi connectivity index (χ3v) is 16.7. The van der Waals surface area contributed by atoms with Crippen LogP contribution in [-0.4, -0.2) is 147 Å². The van der Waals surface area contributed by atoms with Crippen LogP contribution in [0.4, 0.5) is 16.6 Å². The first-order chi connectivity index (χ1) is 37.3. The number of para-hydroxylation sites is 2. The molecule has 0 saturated carbocycles. The van der Waals surface area contributed by atoms with Crippen molar-refractivity contribution in [2.45, 2.75) is 71.0 Å². The number of carboxylic acids is 1. The lowest BCUT2D eigenvalue weighted by atomic mass is 9.92. The number of amides is 4. The summed E-state index contributed by atoms with van der Waals surface area (Å²) in [6.45, 7) is 13.4. The molecule has 1 unspecified atom stereocenters. The number of carbonyl (C=O) groups is 5. The summed E-state index contributed by atoms with van der Waals surface area (Å²) in [4.78, 5) is 85.2. The van der Waals surface area contributed by atoms with E-state index >= 15 is 0 Å². The minimum atomic E-state index is -1.12. The third kappa shape index (κ3) is 10.6. The van der Waals surface area contributed by atoms with Gasteiger partial charge in [-0.05, 0) is 111 Å². The number of hydrogen-bond donors (Lipinski definition) is 3. The average Bonchev–Trinajstić information content (AvgIpc) is 4.11. The van der Waals surface area contributed by atoms with E-state index in [2.05, 4.69) is 50.2 Å². The first kappa shape index (κ1) is 51.4. The van der Waals surface area contributed by atoms with E-state index in [1.54, 1.807) is 0 Å². The summed E-state index contributed by atoms with van der Waals surface area (Å²) in [5, 5.41) is 22.1. The molecule has 3 N–H and O–H groups in total. The molecule has 3 atom stereocenters. The van der Waals surface area contributed by atoms with Gasteiger partial charge >= 0.3 is 5.97 Å². The van der Waals surface area contributed by atoms with Crippen molar-refractivity contribution in [1.29, 1.82) is 0 Å². The Morgan fingerprint density at radius 1 is 0.857 bits per heavy atom. The quantitative estimate of drug-likeness (QED) is 0.0736. The van der Waals surface area contributed by atoms with Crippen LogP contribution in [0.3, 0.4) is 0 Å². The lowest BCUT2D eigenvalue weighted by molar-refractivity contribution is -0.135. The maximum absolute atomic E-state index is 13.8. The molecule has 4 aliphatic heterocycles. The highest BCUT2D eigenvalue weighted by molar-refractivity contribution is 7.22. The van der Waals surface area contributed by atoms with Gasteiger partial charge in [0, 0.05) is 101 Å². The number of ether oxygens (including phenoxy) is 1. The standard InChI is InChI=1S/C58H63N11O7S/c1-35-30-39(16-17-40(35)41-18-20-49(60-53(41)57(74)75)68-24-22-38-10-7-11-42(45(38)33-68)55(72)62-58-59-46-13-5-6-15-48(46)77-58)76-29-9-23-65-31-36(2)69(37(3)32-65)34-51(71)67-27-25-66(26-28-67)47-14-8-12-43-52(63-64(4)54(43)47)44-19-21-50(70)61-56(44)73/h5-8,10-18,20,30,36-37,44H,9,19,21-29,31-34H2,1-4H3,(H,74,75)(H,59,62,72)(H,61,70,73)/t36-,37+,44?. The number of aromatic nitrogens is 4. The number of piperidine rings is 1. The minimum Gasteiger partial charge on any atom is -0.494 e. The van der Waals surface area contributed by atoms with E-state index in [0.717, 1.165) is 75.1 Å². The average molecular weight is 1060 g/mol. The van der Waals surface area contributed by atoms with Gasteiger partial charge in [-0.3, -0.25) is 39.4 Å². The van der Waals surface area contributed by atoms with Crippen molar-refractivity contribution in [3.63, 3.8) is 0 Å². The number of piperazine rings is 2. The molecule has 3 saturated heterocycles. The molecule has 3 fully saturated rings. The van der Waals surface area contributed by atoms with Crippen LogP contribution >= 0.6 is 11.3 Å². The van der Waals surface area contributed by atoms with Gasteiger partial charge in [0.15, 0.2) is 10.8 Å². The number of anilines is 3. The molecule has 4 aromatic carbocycles. The second kappa shape index (κ2) is 21.7. The van der Waals surface area contributed by atoms with Gasteiger partial charge in [-0.25, -0.2) is 14.8 Å². The monoisotopic (exact) mass is 1060 g/mol. The molecule has 11 rings (SSSR count). The summed E-state index contributed by atoms with van der Waals surface area (Å²) in [5.41, 5.74) is 8.11. The van der Waals surface area contributed by atoms with Gasteiger partial charge in [0.25, 0.3) is 5.91 Å². The van der Waals surface area contributed by atoms with Gasteiger partial charge in [0.1, 0.15) is 11.6 Å². The molecule has 19 heteroatoms. The Kier molecular flexibility index (Phi) is 14.5. The van der Waals surface area contributed by atoms with E-state index in [9.17, 15) is 29.1 Å². The number of imide groups is 1. The van der Waals surface area contributed by atoms with Crippen molar-refractivity contribution in [3.05, 3.63) is 125 Å². The Morgan fingerprint density at radius 2 is 1.64 bits per heavy atom. The smallest absolute Gasteiger partial charge is 0.355 e. The van der Waals surface area contributed by atoms with E-state index in [0.29, 0.717) is 105 Å². The van der Waals surface area contributed by atoms with Crippen LogP contribution in [0.1, 0.15) is 82.3 Å². The number of aryl methyl sites for hydroxylation is 2. The first-order valence-electron chi connectivity index (χ1n) is 26.6. The number of carboxylic acid groups (broad SMARTS) is 1. The summed E-state index contributed by atoms with van der Waals surface area (Å²) < 4.78 is 9.07. The first-order valence-corrected chi connectivity index (χ1v) is 27.4. The van der Waals surface area contributed by atoms with Crippen molar-refractivity contribution in [1.82, 2.24) is 39.8 Å². The molecule has 77 heavy (non-hydrogen) atoms. The number of carbonyl (C=O) groups excluding carboxylic acids is 4. The highest BCUT2D eigenvalue weighted by Crippen LogP contribution is 2.37. The number of fused-ring (bicyclic) bond motifs is 3. The number of nitrogens with zero attached hydrogens (tertiary/aromatic N) is 9. The van der Waals surface area contributed by atoms with Gasteiger partial charge in [-0.15, -0.1) is 0 Å². The Bertz CT molecular complexity index is 3400. The Balaban J connectivity index is 0.650. The third-order valence-electron chi connectivity index (χ3n) is 15.7. The van der Waals surface area contributed by atoms with Crippen LogP contribution in [0.5, 0.6) is 5.75 Å². The molecule has 0 radical (unpaired) electrons. The number of aromatic carboxylic acids is 1. The van der Waals surface area contributed by atoms with Crippen molar-refractivity contribution < 1.29 is 33.8 Å². The fraction of sp³-hybridized carbons (Fsp3) is 0.379. The van der Waals surface area contributed by atoms with Crippen LogP contribution in [0, 0.1) is 6.92 Å². The van der Waals surface area contributed by atoms with Crippen molar-refractivity contribution in [3.8, 4) is 16.9 Å². The molecule has 4 aliphatic rings. The number of thiazole rings is 1. The number of pyridine rings is 1. The van der Waals surface area contributed by atoms with E-state index in [1.165, 1.54) is 11.3 Å². The molecular formula is C58H63N11O7S. The number of benzene rings is 4. The number of rotatable bonds is 14. The predicted octanol–water partition coefficient (Wildman–Crippen LogP) is 7.10. The summed E-state index contributed by atoms with van der Waals surface area (Å²) in [6, 6.07) is 29.4. The highest BCUT2D eigenvalue weighted by Gasteiger charge is 2.35. The molecule has 0 bridgehead atoms. The maximum Gasteiger partial charge on any atom is 0.355 e. The second-order valence-electron chi connectivity index (χ2n) is 20.8. The molecule has 0 aliphatic carbocycles. The largest absolute Gasteiger partial charge is 0.494 e. The van der Waals surface area contributed by atoms with E-state index < -0.39 is 11.9 Å². The normalized spacial score (nSPS) is 19.4. The zero-order valence-electron chi connectivity index (χ0n) is 43.8. The van der Waals surface area contributed by atoms with E-state index in [1.807, 2.05) is 113 Å². The fourth-order valence-corrected chi connectivity index (χ4v) is 12.7.